The highest BCUT2D eigenvalue weighted by Gasteiger charge is 2.04. The van der Waals surface area contributed by atoms with Gasteiger partial charge in [0, 0.05) is 13.1 Å². The SMILES string of the molecule is CCN(C)CCNC(=O)c1cccs1. The Morgan fingerprint density at radius 1 is 1.64 bits per heavy atom. The second kappa shape index (κ2) is 5.78. The molecule has 0 aliphatic heterocycles. The topological polar surface area (TPSA) is 32.3 Å². The van der Waals surface area contributed by atoms with E-state index in [9.17, 15) is 4.79 Å². The van der Waals surface area contributed by atoms with Gasteiger partial charge in [0.1, 0.15) is 0 Å². The van der Waals surface area contributed by atoms with E-state index in [1.54, 1.807) is 0 Å². The summed E-state index contributed by atoms with van der Waals surface area (Å²) < 4.78 is 0. The lowest BCUT2D eigenvalue weighted by Gasteiger charge is -2.13. The maximum atomic E-state index is 11.5. The molecule has 0 aliphatic carbocycles. The zero-order valence-corrected chi connectivity index (χ0v) is 9.43. The predicted octanol–water partition coefficient (Wildman–Crippen LogP) is 1.43. The van der Waals surface area contributed by atoms with E-state index in [0.717, 1.165) is 18.0 Å². The molecule has 0 fully saturated rings. The van der Waals surface area contributed by atoms with E-state index >= 15 is 0 Å². The zero-order chi connectivity index (χ0) is 10.4. The summed E-state index contributed by atoms with van der Waals surface area (Å²) in [6.45, 7) is 4.71. The molecule has 1 rings (SSSR count). The van der Waals surface area contributed by atoms with Crippen molar-refractivity contribution in [3.05, 3.63) is 22.4 Å². The van der Waals surface area contributed by atoms with Crippen molar-refractivity contribution in [2.24, 2.45) is 0 Å². The monoisotopic (exact) mass is 212 g/mol. The molecule has 78 valence electrons. The summed E-state index contributed by atoms with van der Waals surface area (Å²) in [7, 11) is 2.04. The summed E-state index contributed by atoms with van der Waals surface area (Å²) in [5.74, 6) is 0.0319. The Labute approximate surface area is 88.7 Å². The summed E-state index contributed by atoms with van der Waals surface area (Å²) in [5, 5.41) is 4.79. The van der Waals surface area contributed by atoms with Gasteiger partial charge in [-0.15, -0.1) is 11.3 Å². The number of amides is 1. The molecule has 1 heterocycles. The fraction of sp³-hybridized carbons (Fsp3) is 0.500. The minimum absolute atomic E-state index is 0.0319. The molecule has 1 aromatic heterocycles. The fourth-order valence-corrected chi connectivity index (χ4v) is 1.65. The first-order valence-corrected chi connectivity index (χ1v) is 5.62. The van der Waals surface area contributed by atoms with Crippen LogP contribution in [0, 0.1) is 0 Å². The molecule has 0 saturated carbocycles. The van der Waals surface area contributed by atoms with Crippen LogP contribution in [-0.2, 0) is 0 Å². The normalized spacial score (nSPS) is 10.5. The highest BCUT2D eigenvalue weighted by molar-refractivity contribution is 7.12. The first-order valence-electron chi connectivity index (χ1n) is 4.74. The molecule has 0 atom stereocenters. The van der Waals surface area contributed by atoms with Crippen molar-refractivity contribution in [1.82, 2.24) is 10.2 Å². The van der Waals surface area contributed by atoms with Crippen molar-refractivity contribution in [1.29, 1.82) is 0 Å². The lowest BCUT2D eigenvalue weighted by molar-refractivity contribution is 0.0954. The molecule has 1 aromatic rings. The van der Waals surface area contributed by atoms with Gasteiger partial charge in [0.15, 0.2) is 0 Å². The Hall–Kier alpha value is -0.870. The maximum absolute atomic E-state index is 11.5. The van der Waals surface area contributed by atoms with Crippen molar-refractivity contribution >= 4 is 17.2 Å². The van der Waals surface area contributed by atoms with Crippen molar-refractivity contribution in [3.63, 3.8) is 0 Å². The Morgan fingerprint density at radius 2 is 2.43 bits per heavy atom. The van der Waals surface area contributed by atoms with Crippen LogP contribution in [0.4, 0.5) is 0 Å². The van der Waals surface area contributed by atoms with Crippen molar-refractivity contribution in [3.8, 4) is 0 Å². The molecular formula is C10H16N2OS. The Morgan fingerprint density at radius 3 is 3.00 bits per heavy atom. The third-order valence-corrected chi connectivity index (χ3v) is 2.93. The number of hydrogen-bond acceptors (Lipinski definition) is 3. The minimum Gasteiger partial charge on any atom is -0.350 e. The summed E-state index contributed by atoms with van der Waals surface area (Å²) in [5.41, 5.74) is 0. The molecule has 1 amide bonds. The number of thiophene rings is 1. The third kappa shape index (κ3) is 3.47. The number of hydrogen-bond donors (Lipinski definition) is 1. The number of nitrogens with zero attached hydrogens (tertiary/aromatic N) is 1. The van der Waals surface area contributed by atoms with E-state index in [1.807, 2.05) is 24.6 Å². The highest BCUT2D eigenvalue weighted by Crippen LogP contribution is 2.07. The van der Waals surface area contributed by atoms with Crippen LogP contribution in [0.1, 0.15) is 16.6 Å². The molecule has 4 heteroatoms. The molecule has 0 bridgehead atoms. The average molecular weight is 212 g/mol. The first kappa shape index (κ1) is 11.2. The Bertz CT molecular complexity index is 272. The third-order valence-electron chi connectivity index (χ3n) is 2.06. The van der Waals surface area contributed by atoms with Gasteiger partial charge in [0.05, 0.1) is 4.88 Å². The number of carbonyl (C=O) groups excluding carboxylic acids is 1. The molecular weight excluding hydrogens is 196 g/mol. The standard InChI is InChI=1S/C10H16N2OS/c1-3-12(2)7-6-11-10(13)9-5-4-8-14-9/h4-5,8H,3,6-7H2,1-2H3,(H,11,13). The van der Waals surface area contributed by atoms with E-state index in [1.165, 1.54) is 11.3 Å². The minimum atomic E-state index is 0.0319. The molecule has 1 N–H and O–H groups in total. The van der Waals surface area contributed by atoms with Crippen LogP contribution < -0.4 is 5.32 Å². The Kier molecular flexibility index (Phi) is 4.62. The largest absolute Gasteiger partial charge is 0.350 e. The number of likely N-dealkylation sites (N-methyl/N-ethyl adjacent to an activating group) is 1. The molecule has 0 aliphatic rings. The van der Waals surface area contributed by atoms with Crippen LogP contribution in [0.15, 0.2) is 17.5 Å². The molecule has 0 aromatic carbocycles. The molecule has 14 heavy (non-hydrogen) atoms. The summed E-state index contributed by atoms with van der Waals surface area (Å²) >= 11 is 1.47. The van der Waals surface area contributed by atoms with E-state index in [4.69, 9.17) is 0 Å². The van der Waals surface area contributed by atoms with E-state index < -0.39 is 0 Å². The van der Waals surface area contributed by atoms with Crippen LogP contribution in [0.25, 0.3) is 0 Å². The number of nitrogens with one attached hydrogen (secondary N) is 1. The molecule has 0 spiro atoms. The highest BCUT2D eigenvalue weighted by atomic mass is 32.1. The van der Waals surface area contributed by atoms with Crippen LogP contribution in [-0.4, -0.2) is 37.5 Å². The second-order valence-electron chi connectivity index (χ2n) is 3.13. The predicted molar refractivity (Wildman–Crippen MR) is 59.8 cm³/mol. The van der Waals surface area contributed by atoms with Crippen LogP contribution in [0.5, 0.6) is 0 Å². The molecule has 0 unspecified atom stereocenters. The average Bonchev–Trinajstić information content (AvgIpc) is 2.70. The van der Waals surface area contributed by atoms with Gasteiger partial charge in [-0.2, -0.15) is 0 Å². The van der Waals surface area contributed by atoms with Crippen LogP contribution >= 0.6 is 11.3 Å². The van der Waals surface area contributed by atoms with Crippen molar-refractivity contribution in [2.45, 2.75) is 6.92 Å². The second-order valence-corrected chi connectivity index (χ2v) is 4.08. The smallest absolute Gasteiger partial charge is 0.261 e. The van der Waals surface area contributed by atoms with Crippen LogP contribution in [0.3, 0.4) is 0 Å². The number of rotatable bonds is 5. The van der Waals surface area contributed by atoms with Gasteiger partial charge in [0.25, 0.3) is 5.91 Å². The summed E-state index contributed by atoms with van der Waals surface area (Å²) in [6, 6.07) is 3.72. The van der Waals surface area contributed by atoms with Crippen LogP contribution in [0.2, 0.25) is 0 Å². The fourth-order valence-electron chi connectivity index (χ4n) is 1.01. The van der Waals surface area contributed by atoms with Gasteiger partial charge < -0.3 is 10.2 Å². The summed E-state index contributed by atoms with van der Waals surface area (Å²) in [4.78, 5) is 14.4. The van der Waals surface area contributed by atoms with Gasteiger partial charge in [-0.05, 0) is 25.0 Å². The van der Waals surface area contributed by atoms with E-state index in [-0.39, 0.29) is 5.91 Å². The van der Waals surface area contributed by atoms with Gasteiger partial charge in [-0.1, -0.05) is 13.0 Å². The number of carbonyl (C=O) groups is 1. The molecule has 0 radical (unpaired) electrons. The lowest BCUT2D eigenvalue weighted by atomic mass is 10.4. The quantitative estimate of drug-likeness (QED) is 0.801. The zero-order valence-electron chi connectivity index (χ0n) is 8.62. The Balaban J connectivity index is 2.23. The first-order chi connectivity index (χ1) is 6.74. The van der Waals surface area contributed by atoms with Crippen molar-refractivity contribution in [2.75, 3.05) is 26.7 Å². The molecule has 0 saturated heterocycles. The van der Waals surface area contributed by atoms with Gasteiger partial charge in [-0.25, -0.2) is 0 Å². The van der Waals surface area contributed by atoms with Gasteiger partial charge >= 0.3 is 0 Å². The maximum Gasteiger partial charge on any atom is 0.261 e. The lowest BCUT2D eigenvalue weighted by Crippen LogP contribution is -2.32. The van der Waals surface area contributed by atoms with E-state index in [2.05, 4.69) is 17.1 Å². The summed E-state index contributed by atoms with van der Waals surface area (Å²) in [6.07, 6.45) is 0. The van der Waals surface area contributed by atoms with Gasteiger partial charge in [0.2, 0.25) is 0 Å². The van der Waals surface area contributed by atoms with Gasteiger partial charge in [-0.3, -0.25) is 4.79 Å². The van der Waals surface area contributed by atoms with Crippen molar-refractivity contribution < 1.29 is 4.79 Å². The molecule has 3 nitrogen and oxygen atoms in total. The van der Waals surface area contributed by atoms with E-state index in [0.29, 0.717) is 6.54 Å².